The minimum atomic E-state index is -1.07. The highest BCUT2D eigenvalue weighted by atomic mass is 19.1. The number of ether oxygens (including phenoxy) is 3. The molecular formula is C67H76FN15O8. The fraction of sp³-hybridized carbons (Fsp3) is 0.463. The fourth-order valence-corrected chi connectivity index (χ4v) is 14.8. The van der Waals surface area contributed by atoms with Crippen molar-refractivity contribution >= 4 is 66.9 Å². The number of halogens is 1. The van der Waals surface area contributed by atoms with Crippen LogP contribution < -0.4 is 40.8 Å². The van der Waals surface area contributed by atoms with Crippen LogP contribution in [0, 0.1) is 18.7 Å². The SMILES string of the molecule is CCn1nccc1-c1ccc([C@H](CO)NC(=O)[C@@H]2C[C@@H](O)CN2C(=O)[C@H](C(C)C)n2cc3c(n2)c(=O)[nH]c2cc(COc4c(-c5c(C)c(F)cc6[nH]ncc56)c(C5CC5)cc5c(N6C[C@@H]7C[C@H]6CN7)nc(OC6CCOCC6)nc45)ccc23)c(N2CCNCC2)c1. The molecule has 5 aromatic heterocycles. The Bertz CT molecular complexity index is 4360. The first-order chi connectivity index (χ1) is 44.3. The number of nitrogens with zero attached hydrogens (tertiary/aromatic N) is 10. The lowest BCUT2D eigenvalue weighted by Gasteiger charge is -2.34. The zero-order chi connectivity index (χ0) is 62.3. The van der Waals surface area contributed by atoms with Gasteiger partial charge in [-0.1, -0.05) is 38.1 Å². The number of amides is 2. The zero-order valence-electron chi connectivity index (χ0n) is 51.5. The van der Waals surface area contributed by atoms with Gasteiger partial charge in [0.15, 0.2) is 11.3 Å². The predicted octanol–water partition coefficient (Wildman–Crippen LogP) is 6.68. The molecule has 7 N–H and O–H groups in total. The molecule has 24 heteroatoms. The van der Waals surface area contributed by atoms with Crippen LogP contribution in [0.1, 0.15) is 99.6 Å². The fourth-order valence-electron chi connectivity index (χ4n) is 14.8. The molecule has 4 aromatic carbocycles. The van der Waals surface area contributed by atoms with Crippen molar-refractivity contribution in [3.63, 3.8) is 0 Å². The molecule has 474 valence electrons. The number of β-amino-alcohol motifs (C(OH)–C–C–N with tert-alkyl or cyclic N) is 1. The number of aromatic amines is 2. The van der Waals surface area contributed by atoms with E-state index in [2.05, 4.69) is 58.2 Å². The van der Waals surface area contributed by atoms with Gasteiger partial charge in [-0.25, -0.2) is 4.39 Å². The Morgan fingerprint density at radius 3 is 2.52 bits per heavy atom. The summed E-state index contributed by atoms with van der Waals surface area (Å²) in [5, 5.41) is 51.8. The average molecular weight is 1240 g/mol. The lowest BCUT2D eigenvalue weighted by Crippen LogP contribution is -2.50. The van der Waals surface area contributed by atoms with E-state index in [-0.39, 0.29) is 60.9 Å². The third-order valence-electron chi connectivity index (χ3n) is 19.6. The average Bonchev–Trinajstić information content (AvgIpc) is 1.83. The maximum Gasteiger partial charge on any atom is 0.319 e. The van der Waals surface area contributed by atoms with E-state index in [4.69, 9.17) is 29.3 Å². The number of benzene rings is 4. The molecule has 10 heterocycles. The topological polar surface area (TPSA) is 271 Å². The van der Waals surface area contributed by atoms with Gasteiger partial charge < -0.3 is 60.1 Å². The van der Waals surface area contributed by atoms with Crippen LogP contribution in [0.3, 0.4) is 0 Å². The first kappa shape index (κ1) is 58.8. The van der Waals surface area contributed by atoms with Gasteiger partial charge in [0.25, 0.3) is 5.56 Å². The van der Waals surface area contributed by atoms with E-state index in [0.717, 1.165) is 114 Å². The van der Waals surface area contributed by atoms with E-state index in [9.17, 15) is 19.8 Å². The molecule has 6 atom stereocenters. The van der Waals surface area contributed by atoms with Crippen LogP contribution in [0.4, 0.5) is 15.9 Å². The lowest BCUT2D eigenvalue weighted by atomic mass is 9.88. The number of aliphatic hydroxyl groups is 2. The number of aromatic nitrogens is 9. The number of hydrogen-bond acceptors (Lipinski definition) is 17. The second kappa shape index (κ2) is 23.9. The molecule has 91 heavy (non-hydrogen) atoms. The van der Waals surface area contributed by atoms with Crippen molar-refractivity contribution in [3.05, 3.63) is 112 Å². The number of hydrogen-bond donors (Lipinski definition) is 7. The summed E-state index contributed by atoms with van der Waals surface area (Å²) < 4.78 is 39.3. The maximum atomic E-state index is 16.3. The molecule has 6 aliphatic rings. The van der Waals surface area contributed by atoms with Crippen LogP contribution in [-0.4, -0.2) is 168 Å². The maximum absolute atomic E-state index is 16.3. The Morgan fingerprint density at radius 1 is 0.923 bits per heavy atom. The van der Waals surface area contributed by atoms with Gasteiger partial charge in [-0.15, -0.1) is 0 Å². The van der Waals surface area contributed by atoms with Gasteiger partial charge in [0.2, 0.25) is 11.8 Å². The minimum Gasteiger partial charge on any atom is -0.486 e. The van der Waals surface area contributed by atoms with Crippen LogP contribution in [0.5, 0.6) is 11.8 Å². The van der Waals surface area contributed by atoms with Crippen LogP contribution in [0.15, 0.2) is 78.0 Å². The molecule has 5 saturated heterocycles. The van der Waals surface area contributed by atoms with Gasteiger partial charge in [0, 0.05) is 151 Å². The van der Waals surface area contributed by atoms with Crippen molar-refractivity contribution in [3.8, 4) is 34.1 Å². The number of piperazine rings is 2. The van der Waals surface area contributed by atoms with E-state index in [1.54, 1.807) is 25.5 Å². The number of H-pyrrole nitrogens is 2. The van der Waals surface area contributed by atoms with Gasteiger partial charge in [0.05, 0.1) is 49.4 Å². The van der Waals surface area contributed by atoms with Crippen molar-refractivity contribution in [1.29, 1.82) is 0 Å². The van der Waals surface area contributed by atoms with Gasteiger partial charge >= 0.3 is 6.01 Å². The van der Waals surface area contributed by atoms with E-state index >= 15 is 9.18 Å². The zero-order valence-corrected chi connectivity index (χ0v) is 51.5. The summed E-state index contributed by atoms with van der Waals surface area (Å²) in [5.74, 6) is -0.281. The molecule has 23 nitrogen and oxygen atoms in total. The van der Waals surface area contributed by atoms with Crippen molar-refractivity contribution < 1.29 is 38.4 Å². The molecule has 1 aliphatic carbocycles. The van der Waals surface area contributed by atoms with Crippen molar-refractivity contribution in [2.75, 3.05) is 75.4 Å². The third kappa shape index (κ3) is 10.8. The molecule has 6 fully saturated rings. The third-order valence-corrected chi connectivity index (χ3v) is 19.6. The highest BCUT2D eigenvalue weighted by Gasteiger charge is 2.45. The molecule has 15 rings (SSSR count). The number of fused-ring (bicyclic) bond motifs is 7. The van der Waals surface area contributed by atoms with E-state index < -0.39 is 48.2 Å². The highest BCUT2D eigenvalue weighted by Crippen LogP contribution is 2.54. The second-order valence-electron chi connectivity index (χ2n) is 25.8. The van der Waals surface area contributed by atoms with Gasteiger partial charge in [0.1, 0.15) is 41.9 Å². The minimum absolute atomic E-state index is 0.0110. The number of carbonyl (C=O) groups excluding carboxylic acids is 2. The summed E-state index contributed by atoms with van der Waals surface area (Å²) in [6, 6.07) is 15.3. The monoisotopic (exact) mass is 1240 g/mol. The first-order valence-corrected chi connectivity index (χ1v) is 32.2. The van der Waals surface area contributed by atoms with E-state index in [0.29, 0.717) is 82.8 Å². The molecule has 1 saturated carbocycles. The molecule has 0 spiro atoms. The standard InChI is InChI=1S/C67H76FN15O8/c1-5-82-54(12-15-72-82)39-9-11-45(55(23-39)79-18-16-69-17-19-79)53(33-84)74-64(86)56-25-42(85)31-81(56)66(88)61(35(2)3)83-32-49-44-10-6-37(22-51(44)73-65(87)60(49)78-83)34-90-62-58(57-36(4)50(68)27-52-48(57)29-71-77-52)46(38-7-8-38)26-47-59(62)75-67(91-43-13-20-89-21-14-43)76-63(47)80-30-40-24-41(80)28-70-40/h6,9-12,15,22-23,26-27,29,32,35,38,40-43,53,56,61,69-70,84-85H,5,7-8,13-14,16-21,24-25,28,30-31,33-34H2,1-4H3,(H,71,77)(H,73,87)(H,74,86)/t40-,41-,42+,53-,56-,61-/m0/s1. The number of carbonyl (C=O) groups is 2. The summed E-state index contributed by atoms with van der Waals surface area (Å²) in [6.07, 6.45) is 8.35. The van der Waals surface area contributed by atoms with Crippen LogP contribution in [0.2, 0.25) is 0 Å². The first-order valence-electron chi connectivity index (χ1n) is 32.2. The van der Waals surface area contributed by atoms with Crippen molar-refractivity contribution in [2.45, 2.75) is 128 Å². The lowest BCUT2D eigenvalue weighted by molar-refractivity contribution is -0.142. The van der Waals surface area contributed by atoms with Crippen LogP contribution >= 0.6 is 0 Å². The smallest absolute Gasteiger partial charge is 0.319 e. The van der Waals surface area contributed by atoms with E-state index in [1.807, 2.05) is 61.9 Å². The summed E-state index contributed by atoms with van der Waals surface area (Å²) in [4.78, 5) is 63.6. The molecule has 5 aliphatic heterocycles. The Kier molecular flexibility index (Phi) is 15.5. The quantitative estimate of drug-likeness (QED) is 0.0472. The van der Waals surface area contributed by atoms with Gasteiger partial charge in [-0.3, -0.25) is 28.8 Å². The van der Waals surface area contributed by atoms with Gasteiger partial charge in [-0.05, 0) is 92.0 Å². The molecular weight excluding hydrogens is 1160 g/mol. The number of nitrogens with one attached hydrogen (secondary N) is 5. The predicted molar refractivity (Wildman–Crippen MR) is 342 cm³/mol. The summed E-state index contributed by atoms with van der Waals surface area (Å²) in [7, 11) is 0. The van der Waals surface area contributed by atoms with E-state index in [1.165, 1.54) is 15.6 Å². The molecule has 2 amide bonds. The molecule has 9 aromatic rings. The largest absolute Gasteiger partial charge is 0.486 e. The van der Waals surface area contributed by atoms with Crippen LogP contribution in [-0.2, 0) is 27.5 Å². The number of anilines is 2. The number of rotatable bonds is 18. The highest BCUT2D eigenvalue weighted by molar-refractivity contribution is 6.07. The summed E-state index contributed by atoms with van der Waals surface area (Å²) in [5.41, 5.74) is 8.39. The number of aryl methyl sites for hydroxylation is 1. The molecule has 0 radical (unpaired) electrons. The molecule has 0 unspecified atom stereocenters. The Morgan fingerprint density at radius 2 is 1.76 bits per heavy atom. The summed E-state index contributed by atoms with van der Waals surface area (Å²) >= 11 is 0. The Labute approximate surface area is 523 Å². The second-order valence-corrected chi connectivity index (χ2v) is 25.8. The summed E-state index contributed by atoms with van der Waals surface area (Å²) in [6.45, 7) is 13.5. The van der Waals surface area contributed by atoms with Crippen molar-refractivity contribution in [2.24, 2.45) is 5.92 Å². The van der Waals surface area contributed by atoms with Crippen molar-refractivity contribution in [1.82, 2.24) is 65.6 Å². The molecule has 2 bridgehead atoms. The van der Waals surface area contributed by atoms with Crippen LogP contribution in [0.25, 0.3) is 66.0 Å². The Hall–Kier alpha value is -8.55. The number of likely N-dealkylation sites (tertiary alicyclic amines) is 1. The number of pyridine rings is 1. The normalized spacial score (nSPS) is 21.1. The number of aliphatic hydroxyl groups excluding tert-OH is 2. The van der Waals surface area contributed by atoms with Gasteiger partial charge in [-0.2, -0.15) is 25.3 Å². The Balaban J connectivity index is 0.752.